The normalized spacial score (nSPS) is 15.7. The summed E-state index contributed by atoms with van der Waals surface area (Å²) in [4.78, 5) is 22.0. The van der Waals surface area contributed by atoms with Crippen molar-refractivity contribution in [1.82, 2.24) is 24.3 Å². The number of guanidine groups is 1. The summed E-state index contributed by atoms with van der Waals surface area (Å²) in [5.41, 5.74) is 9.20. The average Bonchev–Trinajstić information content (AvgIpc) is 3.11. The molecule has 0 saturated carbocycles. The minimum Gasteiger partial charge on any atom is -0.370 e. The van der Waals surface area contributed by atoms with Crippen molar-refractivity contribution in [3.05, 3.63) is 54.2 Å². The Hall–Kier alpha value is -3.16. The highest BCUT2D eigenvalue weighted by molar-refractivity contribution is 5.78. The standard InChI is InChI=1S/C18H22N8/c1-14-4-2-5-16-23-15(13-26(14)16)12-22-17(19)24-8-10-25(11-9-24)18-20-6-3-7-21-18/h2-7,13H,8-12H2,1H3,(H2,19,22). The van der Waals surface area contributed by atoms with E-state index in [1.807, 2.05) is 24.4 Å². The molecule has 3 aromatic heterocycles. The van der Waals surface area contributed by atoms with E-state index in [2.05, 4.69) is 47.1 Å². The molecule has 0 aliphatic carbocycles. The Bertz CT molecular complexity index is 909. The molecule has 0 aromatic carbocycles. The molecule has 8 heteroatoms. The fraction of sp³-hybridized carbons (Fsp3) is 0.333. The van der Waals surface area contributed by atoms with Crippen LogP contribution in [0.5, 0.6) is 0 Å². The van der Waals surface area contributed by atoms with Crippen LogP contribution in [0.4, 0.5) is 5.95 Å². The predicted octanol–water partition coefficient (Wildman–Crippen LogP) is 1.07. The minimum atomic E-state index is 0.481. The highest BCUT2D eigenvalue weighted by Gasteiger charge is 2.19. The Kier molecular flexibility index (Phi) is 4.39. The van der Waals surface area contributed by atoms with Crippen LogP contribution in [0.3, 0.4) is 0 Å². The second-order valence-electron chi connectivity index (χ2n) is 6.32. The van der Waals surface area contributed by atoms with Gasteiger partial charge in [-0.05, 0) is 25.1 Å². The van der Waals surface area contributed by atoms with Crippen LogP contribution in [0.1, 0.15) is 11.4 Å². The lowest BCUT2D eigenvalue weighted by Gasteiger charge is -2.35. The quantitative estimate of drug-likeness (QED) is 0.561. The summed E-state index contributed by atoms with van der Waals surface area (Å²) < 4.78 is 2.07. The van der Waals surface area contributed by atoms with Crippen molar-refractivity contribution < 1.29 is 0 Å². The van der Waals surface area contributed by atoms with Crippen LogP contribution in [-0.4, -0.2) is 56.4 Å². The third kappa shape index (κ3) is 3.30. The molecule has 1 aliphatic rings. The molecule has 1 aliphatic heterocycles. The molecule has 0 radical (unpaired) electrons. The van der Waals surface area contributed by atoms with Crippen LogP contribution in [0, 0.1) is 6.92 Å². The molecular weight excluding hydrogens is 328 g/mol. The lowest BCUT2D eigenvalue weighted by atomic mass is 10.3. The van der Waals surface area contributed by atoms with E-state index in [1.54, 1.807) is 12.4 Å². The number of hydrogen-bond acceptors (Lipinski definition) is 5. The van der Waals surface area contributed by atoms with Crippen LogP contribution in [-0.2, 0) is 6.54 Å². The van der Waals surface area contributed by atoms with Crippen LogP contribution < -0.4 is 10.6 Å². The van der Waals surface area contributed by atoms with E-state index >= 15 is 0 Å². The van der Waals surface area contributed by atoms with Crippen molar-refractivity contribution in [2.45, 2.75) is 13.5 Å². The summed E-state index contributed by atoms with van der Waals surface area (Å²) in [6, 6.07) is 7.89. The van der Waals surface area contributed by atoms with E-state index in [1.165, 1.54) is 0 Å². The molecular formula is C18H22N8. The molecule has 0 spiro atoms. The molecule has 134 valence electrons. The smallest absolute Gasteiger partial charge is 0.225 e. The zero-order valence-corrected chi connectivity index (χ0v) is 14.8. The second-order valence-corrected chi connectivity index (χ2v) is 6.32. The molecule has 0 bridgehead atoms. The Morgan fingerprint density at radius 3 is 2.62 bits per heavy atom. The maximum absolute atomic E-state index is 6.20. The number of nitrogens with two attached hydrogens (primary N) is 1. The molecule has 3 aromatic rings. The molecule has 8 nitrogen and oxygen atoms in total. The molecule has 1 saturated heterocycles. The van der Waals surface area contributed by atoms with Gasteiger partial charge in [-0.25, -0.2) is 19.9 Å². The summed E-state index contributed by atoms with van der Waals surface area (Å²) in [6.07, 6.45) is 5.55. The monoisotopic (exact) mass is 350 g/mol. The number of aryl methyl sites for hydroxylation is 1. The largest absolute Gasteiger partial charge is 0.370 e. The van der Waals surface area contributed by atoms with Gasteiger partial charge in [0.2, 0.25) is 5.95 Å². The Morgan fingerprint density at radius 2 is 1.88 bits per heavy atom. The predicted molar refractivity (Wildman–Crippen MR) is 101 cm³/mol. The van der Waals surface area contributed by atoms with Crippen molar-refractivity contribution in [2.24, 2.45) is 10.7 Å². The van der Waals surface area contributed by atoms with Gasteiger partial charge in [0.15, 0.2) is 5.96 Å². The van der Waals surface area contributed by atoms with E-state index in [4.69, 9.17) is 5.73 Å². The fourth-order valence-electron chi connectivity index (χ4n) is 3.13. The first-order valence-corrected chi connectivity index (χ1v) is 8.71. The van der Waals surface area contributed by atoms with E-state index in [0.717, 1.165) is 49.2 Å². The molecule has 0 amide bonds. The topological polar surface area (TPSA) is 87.9 Å². The van der Waals surface area contributed by atoms with Crippen molar-refractivity contribution in [2.75, 3.05) is 31.1 Å². The highest BCUT2D eigenvalue weighted by Crippen LogP contribution is 2.11. The van der Waals surface area contributed by atoms with Gasteiger partial charge in [0.25, 0.3) is 0 Å². The van der Waals surface area contributed by atoms with Gasteiger partial charge >= 0.3 is 0 Å². The SMILES string of the molecule is Cc1cccc2nc(CN=C(N)N3CCN(c4ncccn4)CC3)cn12. The number of hydrogen-bond donors (Lipinski definition) is 1. The Morgan fingerprint density at radius 1 is 1.12 bits per heavy atom. The van der Waals surface area contributed by atoms with Crippen LogP contribution in [0.2, 0.25) is 0 Å². The van der Waals surface area contributed by atoms with E-state index in [0.29, 0.717) is 12.5 Å². The first kappa shape index (κ1) is 16.3. The van der Waals surface area contributed by atoms with Crippen molar-refractivity contribution in [1.29, 1.82) is 0 Å². The average molecular weight is 350 g/mol. The van der Waals surface area contributed by atoms with Gasteiger partial charge in [-0.2, -0.15) is 0 Å². The van der Waals surface area contributed by atoms with Gasteiger partial charge in [0, 0.05) is 50.5 Å². The first-order valence-electron chi connectivity index (χ1n) is 8.71. The number of piperazine rings is 1. The third-order valence-electron chi connectivity index (χ3n) is 4.59. The summed E-state index contributed by atoms with van der Waals surface area (Å²) in [7, 11) is 0. The molecule has 0 unspecified atom stereocenters. The van der Waals surface area contributed by atoms with Crippen molar-refractivity contribution in [3.63, 3.8) is 0 Å². The van der Waals surface area contributed by atoms with Crippen LogP contribution >= 0.6 is 0 Å². The number of rotatable bonds is 3. The lowest BCUT2D eigenvalue weighted by molar-refractivity contribution is 0.378. The molecule has 0 atom stereocenters. The van der Waals surface area contributed by atoms with E-state index in [9.17, 15) is 0 Å². The Balaban J connectivity index is 1.38. The molecule has 2 N–H and O–H groups in total. The number of imidazole rings is 1. The number of fused-ring (bicyclic) bond motifs is 1. The van der Waals surface area contributed by atoms with Crippen molar-refractivity contribution in [3.8, 4) is 0 Å². The Labute approximate surface area is 152 Å². The molecule has 4 heterocycles. The zero-order chi connectivity index (χ0) is 17.9. The number of pyridine rings is 1. The number of aliphatic imine (C=N–C) groups is 1. The lowest BCUT2D eigenvalue weighted by Crippen LogP contribution is -2.51. The third-order valence-corrected chi connectivity index (χ3v) is 4.59. The van der Waals surface area contributed by atoms with Gasteiger partial charge < -0.3 is 19.9 Å². The maximum Gasteiger partial charge on any atom is 0.225 e. The molecule has 1 fully saturated rings. The molecule has 4 rings (SSSR count). The number of anilines is 1. The summed E-state index contributed by atoms with van der Waals surface area (Å²) in [6.45, 7) is 5.80. The van der Waals surface area contributed by atoms with Gasteiger partial charge in [0.1, 0.15) is 5.65 Å². The van der Waals surface area contributed by atoms with Gasteiger partial charge in [0.05, 0.1) is 12.2 Å². The van der Waals surface area contributed by atoms with Gasteiger partial charge in [-0.15, -0.1) is 0 Å². The minimum absolute atomic E-state index is 0.481. The number of nitrogens with zero attached hydrogens (tertiary/aromatic N) is 7. The van der Waals surface area contributed by atoms with Crippen molar-refractivity contribution >= 4 is 17.6 Å². The highest BCUT2D eigenvalue weighted by atomic mass is 15.4. The fourth-order valence-corrected chi connectivity index (χ4v) is 3.13. The molecule has 26 heavy (non-hydrogen) atoms. The van der Waals surface area contributed by atoms with Crippen LogP contribution in [0.15, 0.2) is 47.8 Å². The van der Waals surface area contributed by atoms with E-state index < -0.39 is 0 Å². The van der Waals surface area contributed by atoms with Crippen LogP contribution in [0.25, 0.3) is 5.65 Å². The maximum atomic E-state index is 6.20. The zero-order valence-electron chi connectivity index (χ0n) is 14.8. The summed E-state index contributed by atoms with van der Waals surface area (Å²) >= 11 is 0. The second kappa shape index (κ2) is 6.99. The summed E-state index contributed by atoms with van der Waals surface area (Å²) in [5, 5.41) is 0. The number of aromatic nitrogens is 4. The first-order chi connectivity index (χ1) is 12.7. The van der Waals surface area contributed by atoms with Gasteiger partial charge in [-0.3, -0.25) is 0 Å². The summed E-state index contributed by atoms with van der Waals surface area (Å²) in [5.74, 6) is 1.33. The van der Waals surface area contributed by atoms with E-state index in [-0.39, 0.29) is 0 Å². The van der Waals surface area contributed by atoms with Gasteiger partial charge in [-0.1, -0.05) is 6.07 Å².